The summed E-state index contributed by atoms with van der Waals surface area (Å²) < 4.78 is 5.20. The molecule has 0 amide bonds. The van der Waals surface area contributed by atoms with E-state index >= 15 is 0 Å². The van der Waals surface area contributed by atoms with Crippen LogP contribution >= 0.6 is 0 Å². The van der Waals surface area contributed by atoms with E-state index in [2.05, 4.69) is 0 Å². The van der Waals surface area contributed by atoms with Gasteiger partial charge in [0.15, 0.2) is 0 Å². The van der Waals surface area contributed by atoms with Crippen molar-refractivity contribution in [2.45, 2.75) is 25.4 Å². The van der Waals surface area contributed by atoms with E-state index in [-0.39, 0.29) is 5.97 Å². The normalized spacial score (nSPS) is 55.8. The van der Waals surface area contributed by atoms with E-state index in [4.69, 9.17) is 4.74 Å². The lowest BCUT2D eigenvalue weighted by Crippen LogP contribution is -2.15. The van der Waals surface area contributed by atoms with Crippen molar-refractivity contribution in [1.29, 1.82) is 0 Å². The lowest BCUT2D eigenvalue weighted by molar-refractivity contribution is -0.143. The number of hydrogen-bond donors (Lipinski definition) is 0. The van der Waals surface area contributed by atoms with Gasteiger partial charge in [0.1, 0.15) is 6.10 Å². The van der Waals surface area contributed by atoms with Gasteiger partial charge in [0, 0.05) is 5.92 Å². The molecule has 0 radical (unpaired) electrons. The maximum Gasteiger partial charge on any atom is 0.309 e. The van der Waals surface area contributed by atoms with Crippen molar-refractivity contribution in [1.82, 2.24) is 0 Å². The molecule has 0 unspecified atom stereocenters. The zero-order valence-corrected chi connectivity index (χ0v) is 5.75. The summed E-state index contributed by atoms with van der Waals surface area (Å²) in [6.07, 6.45) is 3.88. The molecular formula is C8H10O2. The number of carbonyl (C=O) groups excluding carboxylic acids is 1. The van der Waals surface area contributed by atoms with Gasteiger partial charge in [-0.2, -0.15) is 0 Å². The third-order valence-electron chi connectivity index (χ3n) is 3.32. The van der Waals surface area contributed by atoms with E-state index in [1.54, 1.807) is 0 Å². The van der Waals surface area contributed by atoms with Crippen LogP contribution in [0.15, 0.2) is 0 Å². The van der Waals surface area contributed by atoms with Gasteiger partial charge in [-0.25, -0.2) is 0 Å². The average Bonchev–Trinajstić information content (AvgIpc) is 2.44. The third-order valence-corrected chi connectivity index (χ3v) is 3.32. The Morgan fingerprint density at radius 3 is 2.80 bits per heavy atom. The first-order valence-corrected chi connectivity index (χ1v) is 4.05. The molecule has 10 heavy (non-hydrogen) atoms. The SMILES string of the molecule is O=C1O[C@@H]2C[C@H]3C[C@@H]2[C@@H]1C3. The summed E-state index contributed by atoms with van der Waals surface area (Å²) in [5.74, 6) is 1.85. The predicted octanol–water partition coefficient (Wildman–Crippen LogP) is 0.958. The van der Waals surface area contributed by atoms with Crippen LogP contribution < -0.4 is 0 Å². The van der Waals surface area contributed by atoms with Gasteiger partial charge in [-0.15, -0.1) is 0 Å². The first-order chi connectivity index (χ1) is 4.84. The quantitative estimate of drug-likeness (QED) is 0.466. The lowest BCUT2D eigenvalue weighted by atomic mass is 9.90. The van der Waals surface area contributed by atoms with Crippen LogP contribution in [0.1, 0.15) is 19.3 Å². The van der Waals surface area contributed by atoms with Gasteiger partial charge in [-0.1, -0.05) is 0 Å². The van der Waals surface area contributed by atoms with Crippen LogP contribution in [-0.2, 0) is 9.53 Å². The Hall–Kier alpha value is -0.530. The summed E-state index contributed by atoms with van der Waals surface area (Å²) >= 11 is 0. The molecule has 1 saturated heterocycles. The second-order valence-corrected chi connectivity index (χ2v) is 3.82. The van der Waals surface area contributed by atoms with Gasteiger partial charge in [0.05, 0.1) is 5.92 Å². The van der Waals surface area contributed by atoms with Gasteiger partial charge in [0.2, 0.25) is 0 Å². The highest BCUT2D eigenvalue weighted by Gasteiger charge is 2.56. The van der Waals surface area contributed by atoms with Crippen molar-refractivity contribution in [2.24, 2.45) is 17.8 Å². The average molecular weight is 138 g/mol. The molecular weight excluding hydrogens is 128 g/mol. The largest absolute Gasteiger partial charge is 0.462 e. The van der Waals surface area contributed by atoms with E-state index in [9.17, 15) is 4.79 Å². The Labute approximate surface area is 59.6 Å². The molecule has 2 heteroatoms. The van der Waals surface area contributed by atoms with Crippen LogP contribution in [0.25, 0.3) is 0 Å². The maximum absolute atomic E-state index is 11.1. The summed E-state index contributed by atoms with van der Waals surface area (Å²) in [4.78, 5) is 11.1. The summed E-state index contributed by atoms with van der Waals surface area (Å²) in [7, 11) is 0. The molecule has 0 N–H and O–H groups in total. The molecule has 2 bridgehead atoms. The molecule has 2 saturated carbocycles. The fourth-order valence-corrected chi connectivity index (χ4v) is 2.93. The van der Waals surface area contributed by atoms with Crippen LogP contribution in [-0.4, -0.2) is 12.1 Å². The number of fused-ring (bicyclic) bond motifs is 1. The van der Waals surface area contributed by atoms with Crippen molar-refractivity contribution < 1.29 is 9.53 Å². The molecule has 0 aromatic carbocycles. The molecule has 54 valence electrons. The molecule has 3 rings (SSSR count). The van der Waals surface area contributed by atoms with Crippen LogP contribution in [0.5, 0.6) is 0 Å². The highest BCUT2D eigenvalue weighted by Crippen LogP contribution is 2.54. The molecule has 0 aromatic heterocycles. The smallest absolute Gasteiger partial charge is 0.309 e. The van der Waals surface area contributed by atoms with Crippen molar-refractivity contribution in [2.75, 3.05) is 0 Å². The predicted molar refractivity (Wildman–Crippen MR) is 34.2 cm³/mol. The number of carbonyl (C=O) groups is 1. The topological polar surface area (TPSA) is 26.3 Å². The summed E-state index contributed by atoms with van der Waals surface area (Å²) in [5.41, 5.74) is 0. The first-order valence-electron chi connectivity index (χ1n) is 4.05. The minimum absolute atomic E-state index is 0.0926. The summed E-state index contributed by atoms with van der Waals surface area (Å²) in [6.45, 7) is 0. The molecule has 0 spiro atoms. The molecule has 1 aliphatic heterocycles. The fourth-order valence-electron chi connectivity index (χ4n) is 2.93. The Morgan fingerprint density at radius 2 is 2.20 bits per heavy atom. The minimum Gasteiger partial charge on any atom is -0.462 e. The van der Waals surface area contributed by atoms with E-state index in [1.165, 1.54) is 6.42 Å². The van der Waals surface area contributed by atoms with Crippen molar-refractivity contribution in [3.05, 3.63) is 0 Å². The van der Waals surface area contributed by atoms with Gasteiger partial charge in [-0.3, -0.25) is 4.79 Å². The van der Waals surface area contributed by atoms with Crippen molar-refractivity contribution >= 4 is 5.97 Å². The number of rotatable bonds is 0. The second-order valence-electron chi connectivity index (χ2n) is 3.82. The van der Waals surface area contributed by atoms with Gasteiger partial charge in [0.25, 0.3) is 0 Å². The molecule has 3 fully saturated rings. The van der Waals surface area contributed by atoms with Crippen molar-refractivity contribution in [3.63, 3.8) is 0 Å². The standard InChI is InChI=1S/C8H10O2/c9-8-6-2-4-1-5(6)7(3-4)10-8/h4-7H,1-3H2/t4-,5+,6-,7+/m0/s1. The first kappa shape index (κ1) is 5.16. The van der Waals surface area contributed by atoms with Crippen molar-refractivity contribution in [3.8, 4) is 0 Å². The third kappa shape index (κ3) is 0.414. The molecule has 1 heterocycles. The Bertz CT molecular complexity index is 197. The van der Waals surface area contributed by atoms with Gasteiger partial charge >= 0.3 is 5.97 Å². The highest BCUT2D eigenvalue weighted by molar-refractivity contribution is 5.76. The van der Waals surface area contributed by atoms with E-state index in [0.29, 0.717) is 17.9 Å². The van der Waals surface area contributed by atoms with E-state index < -0.39 is 0 Å². The Balaban J connectivity index is 2.05. The van der Waals surface area contributed by atoms with Gasteiger partial charge < -0.3 is 4.74 Å². The number of esters is 1. The maximum atomic E-state index is 11.1. The Morgan fingerprint density at radius 1 is 1.30 bits per heavy atom. The zero-order chi connectivity index (χ0) is 6.72. The number of hydrogen-bond acceptors (Lipinski definition) is 2. The van der Waals surface area contributed by atoms with Crippen LogP contribution in [0.2, 0.25) is 0 Å². The number of ether oxygens (including phenoxy) is 1. The summed E-state index contributed by atoms with van der Waals surface area (Å²) in [5, 5.41) is 0. The highest BCUT2D eigenvalue weighted by atomic mass is 16.6. The minimum atomic E-state index is 0.0926. The van der Waals surface area contributed by atoms with Crippen LogP contribution in [0.4, 0.5) is 0 Å². The molecule has 0 aromatic rings. The monoisotopic (exact) mass is 138 g/mol. The molecule has 4 atom stereocenters. The van der Waals surface area contributed by atoms with E-state index in [0.717, 1.165) is 18.8 Å². The van der Waals surface area contributed by atoms with E-state index in [1.807, 2.05) is 0 Å². The molecule has 2 nitrogen and oxygen atoms in total. The van der Waals surface area contributed by atoms with Crippen LogP contribution in [0.3, 0.4) is 0 Å². The fraction of sp³-hybridized carbons (Fsp3) is 0.875. The zero-order valence-electron chi connectivity index (χ0n) is 5.75. The molecule has 2 aliphatic carbocycles. The van der Waals surface area contributed by atoms with Crippen LogP contribution in [0, 0.1) is 17.8 Å². The Kier molecular flexibility index (Phi) is 0.715. The van der Waals surface area contributed by atoms with Gasteiger partial charge in [-0.05, 0) is 25.2 Å². The lowest BCUT2D eigenvalue weighted by Gasteiger charge is -2.11. The summed E-state index contributed by atoms with van der Waals surface area (Å²) in [6, 6.07) is 0. The molecule has 3 aliphatic rings. The second kappa shape index (κ2) is 1.39.